The number of carbonyl (C=O) groups excluding carboxylic acids is 2. The molecular weight excluding hydrogens is 220 g/mol. The summed E-state index contributed by atoms with van der Waals surface area (Å²) >= 11 is 0. The number of esters is 2. The van der Waals surface area contributed by atoms with Gasteiger partial charge in [0.15, 0.2) is 0 Å². The predicted octanol–water partition coefficient (Wildman–Crippen LogP) is 1.77. The molecule has 2 saturated carbocycles. The zero-order chi connectivity index (χ0) is 12.4. The molecule has 2 fully saturated rings. The van der Waals surface area contributed by atoms with E-state index in [1.165, 1.54) is 33.1 Å². The normalized spacial score (nSPS) is 34.7. The molecule has 2 bridgehead atoms. The van der Waals surface area contributed by atoms with Crippen molar-refractivity contribution >= 4 is 11.9 Å². The molecule has 0 saturated heterocycles. The minimum Gasteiger partial charge on any atom is -0.466 e. The third kappa shape index (κ3) is 2.79. The van der Waals surface area contributed by atoms with Crippen LogP contribution < -0.4 is 0 Å². The summed E-state index contributed by atoms with van der Waals surface area (Å²) in [7, 11) is 0. The molecule has 0 radical (unpaired) electrons. The van der Waals surface area contributed by atoms with Crippen molar-refractivity contribution in [3.05, 3.63) is 0 Å². The molecule has 2 rings (SSSR count). The molecular formula is C13H20O4. The van der Waals surface area contributed by atoms with E-state index in [4.69, 9.17) is 9.47 Å². The van der Waals surface area contributed by atoms with Crippen LogP contribution in [0, 0.1) is 23.7 Å². The van der Waals surface area contributed by atoms with Crippen molar-refractivity contribution in [3.63, 3.8) is 0 Å². The molecule has 0 aromatic rings. The van der Waals surface area contributed by atoms with Crippen LogP contribution in [0.25, 0.3) is 0 Å². The van der Waals surface area contributed by atoms with Gasteiger partial charge < -0.3 is 9.47 Å². The van der Waals surface area contributed by atoms with Gasteiger partial charge in [0, 0.05) is 25.7 Å². The van der Waals surface area contributed by atoms with Crippen LogP contribution in [-0.4, -0.2) is 25.2 Å². The number of hydrogen-bond donors (Lipinski definition) is 0. The lowest BCUT2D eigenvalue weighted by atomic mass is 9.80. The Hall–Kier alpha value is -1.06. The molecule has 17 heavy (non-hydrogen) atoms. The van der Waals surface area contributed by atoms with Crippen LogP contribution in [0.1, 0.15) is 33.1 Å². The molecule has 0 aromatic heterocycles. The van der Waals surface area contributed by atoms with Gasteiger partial charge in [-0.25, -0.2) is 0 Å². The average Bonchev–Trinajstić information content (AvgIpc) is 2.83. The SMILES string of the molecule is CC(=O)OC[C@@H]1[C@@H]2CC[C@@H](C2)[C@@H]1COC(C)=O. The second kappa shape index (κ2) is 5.07. The highest BCUT2D eigenvalue weighted by atomic mass is 16.5. The van der Waals surface area contributed by atoms with Crippen LogP contribution in [0.3, 0.4) is 0 Å². The number of ether oxygens (including phenoxy) is 2. The Labute approximate surface area is 102 Å². The van der Waals surface area contributed by atoms with Crippen molar-refractivity contribution in [2.45, 2.75) is 33.1 Å². The standard InChI is InChI=1S/C13H20O4/c1-8(14)16-6-12-10-3-4-11(5-10)13(12)7-17-9(2)15/h10-13H,3-7H2,1-2H3/t10-,11+,12-,13+. The molecule has 4 atom stereocenters. The lowest BCUT2D eigenvalue weighted by Gasteiger charge is -2.30. The van der Waals surface area contributed by atoms with Gasteiger partial charge in [-0.05, 0) is 31.1 Å². The van der Waals surface area contributed by atoms with Gasteiger partial charge in [-0.15, -0.1) is 0 Å². The van der Waals surface area contributed by atoms with Gasteiger partial charge in [-0.2, -0.15) is 0 Å². The zero-order valence-corrected chi connectivity index (χ0v) is 10.5. The van der Waals surface area contributed by atoms with Gasteiger partial charge in [0.05, 0.1) is 13.2 Å². The van der Waals surface area contributed by atoms with Gasteiger partial charge in [-0.3, -0.25) is 9.59 Å². The van der Waals surface area contributed by atoms with Crippen LogP contribution in [-0.2, 0) is 19.1 Å². The molecule has 2 aliphatic rings. The van der Waals surface area contributed by atoms with E-state index in [0.717, 1.165) is 0 Å². The highest BCUT2D eigenvalue weighted by molar-refractivity contribution is 5.66. The zero-order valence-electron chi connectivity index (χ0n) is 10.5. The van der Waals surface area contributed by atoms with E-state index in [2.05, 4.69) is 0 Å². The van der Waals surface area contributed by atoms with Crippen LogP contribution >= 0.6 is 0 Å². The Kier molecular flexibility index (Phi) is 3.69. The molecule has 0 N–H and O–H groups in total. The average molecular weight is 240 g/mol. The summed E-state index contributed by atoms with van der Waals surface area (Å²) in [4.78, 5) is 21.7. The smallest absolute Gasteiger partial charge is 0.302 e. The maximum Gasteiger partial charge on any atom is 0.302 e. The van der Waals surface area contributed by atoms with Crippen LogP contribution in [0.5, 0.6) is 0 Å². The van der Waals surface area contributed by atoms with E-state index in [1.807, 2.05) is 0 Å². The molecule has 0 unspecified atom stereocenters. The third-order valence-electron chi connectivity index (χ3n) is 4.23. The van der Waals surface area contributed by atoms with E-state index < -0.39 is 0 Å². The van der Waals surface area contributed by atoms with E-state index in [9.17, 15) is 9.59 Å². The fraction of sp³-hybridized carbons (Fsp3) is 0.846. The molecule has 2 aliphatic carbocycles. The first-order chi connectivity index (χ1) is 8.08. The molecule has 4 heteroatoms. The summed E-state index contributed by atoms with van der Waals surface area (Å²) < 4.78 is 10.3. The van der Waals surface area contributed by atoms with Crippen molar-refractivity contribution in [1.29, 1.82) is 0 Å². The molecule has 0 spiro atoms. The van der Waals surface area contributed by atoms with Crippen LogP contribution in [0.15, 0.2) is 0 Å². The van der Waals surface area contributed by atoms with Crippen LogP contribution in [0.2, 0.25) is 0 Å². The van der Waals surface area contributed by atoms with E-state index in [0.29, 0.717) is 36.9 Å². The largest absolute Gasteiger partial charge is 0.466 e. The minimum absolute atomic E-state index is 0.223. The molecule has 0 aromatic carbocycles. The number of hydrogen-bond acceptors (Lipinski definition) is 4. The summed E-state index contributed by atoms with van der Waals surface area (Å²) in [6.07, 6.45) is 3.66. The highest BCUT2D eigenvalue weighted by Crippen LogP contribution is 2.52. The summed E-state index contributed by atoms with van der Waals surface area (Å²) in [5.41, 5.74) is 0. The minimum atomic E-state index is -0.223. The Bertz CT molecular complexity index is 283. The lowest BCUT2D eigenvalue weighted by Crippen LogP contribution is -2.31. The summed E-state index contributed by atoms with van der Waals surface area (Å²) in [5, 5.41) is 0. The molecule has 0 heterocycles. The lowest BCUT2D eigenvalue weighted by molar-refractivity contribution is -0.148. The first-order valence-electron chi connectivity index (χ1n) is 6.34. The fourth-order valence-electron chi connectivity index (χ4n) is 3.48. The topological polar surface area (TPSA) is 52.6 Å². The summed E-state index contributed by atoms with van der Waals surface area (Å²) in [6.45, 7) is 3.85. The molecule has 96 valence electrons. The Morgan fingerprint density at radius 3 is 1.71 bits per heavy atom. The summed E-state index contributed by atoms with van der Waals surface area (Å²) in [5.74, 6) is 1.63. The van der Waals surface area contributed by atoms with Gasteiger partial charge in [0.25, 0.3) is 0 Å². The number of carbonyl (C=O) groups is 2. The molecule has 0 aliphatic heterocycles. The Morgan fingerprint density at radius 1 is 0.941 bits per heavy atom. The maximum absolute atomic E-state index is 10.9. The van der Waals surface area contributed by atoms with Crippen molar-refractivity contribution in [2.75, 3.05) is 13.2 Å². The van der Waals surface area contributed by atoms with Gasteiger partial charge in [0.2, 0.25) is 0 Å². The third-order valence-corrected chi connectivity index (χ3v) is 4.23. The fourth-order valence-corrected chi connectivity index (χ4v) is 3.48. The first kappa shape index (κ1) is 12.4. The first-order valence-corrected chi connectivity index (χ1v) is 6.34. The molecule has 4 nitrogen and oxygen atoms in total. The number of fused-ring (bicyclic) bond motifs is 2. The summed E-state index contributed by atoms with van der Waals surface area (Å²) in [6, 6.07) is 0. The number of rotatable bonds is 4. The molecule has 0 amide bonds. The van der Waals surface area contributed by atoms with Crippen molar-refractivity contribution in [2.24, 2.45) is 23.7 Å². The Morgan fingerprint density at radius 2 is 1.35 bits per heavy atom. The van der Waals surface area contributed by atoms with Crippen molar-refractivity contribution in [1.82, 2.24) is 0 Å². The van der Waals surface area contributed by atoms with Crippen LogP contribution in [0.4, 0.5) is 0 Å². The monoisotopic (exact) mass is 240 g/mol. The van der Waals surface area contributed by atoms with E-state index in [-0.39, 0.29) is 11.9 Å². The van der Waals surface area contributed by atoms with E-state index >= 15 is 0 Å². The van der Waals surface area contributed by atoms with Crippen molar-refractivity contribution in [3.8, 4) is 0 Å². The Balaban J connectivity index is 1.91. The second-order valence-electron chi connectivity index (χ2n) is 5.27. The maximum atomic E-state index is 10.9. The predicted molar refractivity (Wildman–Crippen MR) is 61.1 cm³/mol. The van der Waals surface area contributed by atoms with Crippen molar-refractivity contribution < 1.29 is 19.1 Å². The van der Waals surface area contributed by atoms with Gasteiger partial charge in [-0.1, -0.05) is 0 Å². The van der Waals surface area contributed by atoms with Gasteiger partial charge >= 0.3 is 11.9 Å². The van der Waals surface area contributed by atoms with E-state index in [1.54, 1.807) is 0 Å². The van der Waals surface area contributed by atoms with Gasteiger partial charge in [0.1, 0.15) is 0 Å². The second-order valence-corrected chi connectivity index (χ2v) is 5.27. The highest BCUT2D eigenvalue weighted by Gasteiger charge is 2.48. The quantitative estimate of drug-likeness (QED) is 0.703.